The summed E-state index contributed by atoms with van der Waals surface area (Å²) in [6.45, 7) is 6.51. The molecule has 1 aromatic carbocycles. The monoisotopic (exact) mass is 558 g/mol. The Balaban J connectivity index is 1.73. The zero-order valence-electron chi connectivity index (χ0n) is 23.6. The van der Waals surface area contributed by atoms with Crippen LogP contribution in [0.1, 0.15) is 44.6 Å². The first kappa shape index (κ1) is 28.0. The van der Waals surface area contributed by atoms with Gasteiger partial charge in [-0.05, 0) is 39.2 Å². The van der Waals surface area contributed by atoms with E-state index >= 15 is 0 Å². The van der Waals surface area contributed by atoms with Gasteiger partial charge in [0.15, 0.2) is 11.2 Å². The van der Waals surface area contributed by atoms with Crippen LogP contribution in [0.15, 0.2) is 33.9 Å². The van der Waals surface area contributed by atoms with Crippen molar-refractivity contribution in [1.29, 1.82) is 0 Å². The van der Waals surface area contributed by atoms with Gasteiger partial charge in [0.1, 0.15) is 12.4 Å². The number of para-hydroxylation sites is 1. The lowest BCUT2D eigenvalue weighted by Crippen LogP contribution is -2.44. The summed E-state index contributed by atoms with van der Waals surface area (Å²) >= 11 is 0. The molecule has 5 rings (SSSR count). The molecule has 4 aromatic rings. The van der Waals surface area contributed by atoms with Crippen LogP contribution in [0, 0.1) is 18.8 Å². The van der Waals surface area contributed by atoms with E-state index < -0.39 is 23.8 Å². The highest BCUT2D eigenvalue weighted by Gasteiger charge is 2.28. The van der Waals surface area contributed by atoms with Crippen molar-refractivity contribution in [2.75, 3.05) is 24.6 Å². The van der Waals surface area contributed by atoms with Gasteiger partial charge in [-0.25, -0.2) is 14.8 Å². The zero-order valence-corrected chi connectivity index (χ0v) is 23.6. The molecule has 2 N–H and O–H groups in total. The quantitative estimate of drug-likeness (QED) is 0.252. The Hall–Kier alpha value is -4.50. The van der Waals surface area contributed by atoms with Gasteiger partial charge in [0.2, 0.25) is 5.95 Å². The molecule has 1 atom stereocenters. The molecule has 0 radical (unpaired) electrons. The number of esters is 1. The lowest BCUT2D eigenvalue weighted by atomic mass is 10.1. The third kappa shape index (κ3) is 5.58. The minimum atomic E-state index is -0.696. The number of carbonyl (C=O) groups is 1. The SMILES string of the molecule is CC#CCn1c(N2CCCC(N)C2)nc2c1c(=O)n(Cc1nc(C)c3ccccc3n1)c(=O)n2CC(=O)OCCC. The van der Waals surface area contributed by atoms with Gasteiger partial charge in [-0.1, -0.05) is 31.0 Å². The maximum absolute atomic E-state index is 14.1. The number of fused-ring (bicyclic) bond motifs is 2. The minimum Gasteiger partial charge on any atom is -0.464 e. The van der Waals surface area contributed by atoms with Gasteiger partial charge < -0.3 is 15.4 Å². The lowest BCUT2D eigenvalue weighted by molar-refractivity contribution is -0.144. The second-order valence-corrected chi connectivity index (χ2v) is 10.2. The second-order valence-electron chi connectivity index (χ2n) is 10.2. The van der Waals surface area contributed by atoms with E-state index in [0.29, 0.717) is 36.8 Å². The number of nitrogens with zero attached hydrogens (tertiary/aromatic N) is 7. The molecule has 1 aliphatic heterocycles. The molecule has 0 bridgehead atoms. The highest BCUT2D eigenvalue weighted by molar-refractivity contribution is 5.80. The van der Waals surface area contributed by atoms with E-state index in [9.17, 15) is 14.4 Å². The Kier molecular flexibility index (Phi) is 8.16. The van der Waals surface area contributed by atoms with Gasteiger partial charge in [-0.15, -0.1) is 5.92 Å². The van der Waals surface area contributed by atoms with Gasteiger partial charge in [-0.3, -0.25) is 23.3 Å². The summed E-state index contributed by atoms with van der Waals surface area (Å²) in [6.07, 6.45) is 2.39. The van der Waals surface area contributed by atoms with E-state index in [1.165, 1.54) is 4.57 Å². The Labute approximate surface area is 236 Å². The topological polar surface area (TPSA) is 143 Å². The van der Waals surface area contributed by atoms with Crippen molar-refractivity contribution < 1.29 is 9.53 Å². The Morgan fingerprint density at radius 1 is 1.15 bits per heavy atom. The summed E-state index contributed by atoms with van der Waals surface area (Å²) < 4.78 is 9.26. The highest BCUT2D eigenvalue weighted by atomic mass is 16.5. The summed E-state index contributed by atoms with van der Waals surface area (Å²) in [4.78, 5) is 56.7. The van der Waals surface area contributed by atoms with E-state index in [4.69, 9.17) is 15.5 Å². The smallest absolute Gasteiger partial charge is 0.333 e. The number of carbonyl (C=O) groups excluding carboxylic acids is 1. The van der Waals surface area contributed by atoms with Crippen LogP contribution in [0.3, 0.4) is 0 Å². The van der Waals surface area contributed by atoms with Crippen molar-refractivity contribution in [2.24, 2.45) is 5.73 Å². The standard InChI is InChI=1S/C29H34N8O4/c1-4-6-14-35-25-26(33-28(35)34-13-9-10-20(30)16-34)36(18-24(38)41-15-5-2)29(40)37(27(25)39)17-23-31-19(3)21-11-7-8-12-22(21)32-23/h7-8,11-12,20H,5,9-10,13-18,30H2,1-3H3. The third-order valence-electron chi connectivity index (χ3n) is 7.14. The van der Waals surface area contributed by atoms with Gasteiger partial charge in [0.05, 0.1) is 25.2 Å². The molecule has 4 heterocycles. The van der Waals surface area contributed by atoms with Crippen LogP contribution in [-0.2, 0) is 29.2 Å². The molecule has 1 unspecified atom stereocenters. The average Bonchev–Trinajstić information content (AvgIpc) is 3.35. The van der Waals surface area contributed by atoms with Crippen LogP contribution >= 0.6 is 0 Å². The molecular formula is C29H34N8O4. The number of aromatic nitrogens is 6. The number of hydrogen-bond acceptors (Lipinski definition) is 9. The highest BCUT2D eigenvalue weighted by Crippen LogP contribution is 2.23. The van der Waals surface area contributed by atoms with Crippen LogP contribution in [0.25, 0.3) is 22.1 Å². The summed E-state index contributed by atoms with van der Waals surface area (Å²) in [7, 11) is 0. The van der Waals surface area contributed by atoms with E-state index in [2.05, 4.69) is 21.8 Å². The molecule has 1 fully saturated rings. The van der Waals surface area contributed by atoms with Crippen molar-refractivity contribution in [3.63, 3.8) is 0 Å². The molecule has 0 saturated carbocycles. The molecule has 0 amide bonds. The number of imidazole rings is 1. The number of nitrogens with two attached hydrogens (primary N) is 1. The van der Waals surface area contributed by atoms with E-state index in [1.807, 2.05) is 43.0 Å². The predicted molar refractivity (Wildman–Crippen MR) is 156 cm³/mol. The molecule has 1 saturated heterocycles. The molecule has 0 aliphatic carbocycles. The maximum Gasteiger partial charge on any atom is 0.333 e. The van der Waals surface area contributed by atoms with E-state index in [0.717, 1.165) is 28.5 Å². The fourth-order valence-corrected chi connectivity index (χ4v) is 5.20. The number of benzene rings is 1. The first-order valence-corrected chi connectivity index (χ1v) is 13.8. The minimum absolute atomic E-state index is 0.0505. The normalized spacial score (nSPS) is 15.2. The van der Waals surface area contributed by atoms with Gasteiger partial charge in [0.25, 0.3) is 5.56 Å². The molecule has 214 valence electrons. The summed E-state index contributed by atoms with van der Waals surface area (Å²) in [5, 5.41) is 0.885. The summed E-state index contributed by atoms with van der Waals surface area (Å²) in [6, 6.07) is 7.50. The van der Waals surface area contributed by atoms with Crippen LogP contribution in [0.2, 0.25) is 0 Å². The first-order valence-electron chi connectivity index (χ1n) is 13.8. The zero-order chi connectivity index (χ0) is 29.1. The molecule has 12 heteroatoms. The number of aryl methyl sites for hydroxylation is 1. The van der Waals surface area contributed by atoms with Crippen LogP contribution < -0.4 is 21.9 Å². The number of piperidine rings is 1. The molecule has 0 spiro atoms. The van der Waals surface area contributed by atoms with Gasteiger partial charge >= 0.3 is 11.7 Å². The third-order valence-corrected chi connectivity index (χ3v) is 7.14. The first-order chi connectivity index (χ1) is 19.8. The van der Waals surface area contributed by atoms with E-state index in [1.54, 1.807) is 11.5 Å². The van der Waals surface area contributed by atoms with Crippen molar-refractivity contribution in [2.45, 2.75) is 65.7 Å². The molecule has 3 aromatic heterocycles. The molecular weight excluding hydrogens is 524 g/mol. The van der Waals surface area contributed by atoms with Crippen molar-refractivity contribution in [3.05, 3.63) is 56.6 Å². The fraction of sp³-hybridized carbons (Fsp3) is 0.448. The van der Waals surface area contributed by atoms with Crippen molar-refractivity contribution in [1.82, 2.24) is 28.7 Å². The second kappa shape index (κ2) is 11.9. The Bertz CT molecular complexity index is 1790. The predicted octanol–water partition coefficient (Wildman–Crippen LogP) is 1.56. The van der Waals surface area contributed by atoms with Gasteiger partial charge in [0, 0.05) is 30.2 Å². The number of rotatable bonds is 8. The lowest BCUT2D eigenvalue weighted by Gasteiger charge is -2.31. The molecule has 41 heavy (non-hydrogen) atoms. The van der Waals surface area contributed by atoms with Crippen molar-refractivity contribution in [3.8, 4) is 11.8 Å². The van der Waals surface area contributed by atoms with Crippen LogP contribution in [0.4, 0.5) is 5.95 Å². The molecule has 12 nitrogen and oxygen atoms in total. The largest absolute Gasteiger partial charge is 0.464 e. The summed E-state index contributed by atoms with van der Waals surface area (Å²) in [5.41, 5.74) is 6.72. The number of ether oxygens (including phenoxy) is 1. The Morgan fingerprint density at radius 3 is 2.71 bits per heavy atom. The fourth-order valence-electron chi connectivity index (χ4n) is 5.20. The molecule has 1 aliphatic rings. The average molecular weight is 559 g/mol. The maximum atomic E-state index is 14.1. The van der Waals surface area contributed by atoms with E-state index in [-0.39, 0.29) is 36.9 Å². The van der Waals surface area contributed by atoms with Crippen LogP contribution in [-0.4, -0.2) is 60.4 Å². The van der Waals surface area contributed by atoms with Gasteiger partial charge in [-0.2, -0.15) is 4.98 Å². The van der Waals surface area contributed by atoms with Crippen LogP contribution in [0.5, 0.6) is 0 Å². The number of hydrogen-bond donors (Lipinski definition) is 1. The van der Waals surface area contributed by atoms with Crippen molar-refractivity contribution >= 4 is 34.0 Å². The Morgan fingerprint density at radius 2 is 1.95 bits per heavy atom. The number of anilines is 1. The summed E-state index contributed by atoms with van der Waals surface area (Å²) in [5.74, 6) is 6.10.